The van der Waals surface area contributed by atoms with E-state index >= 15 is 0 Å². The molecule has 0 spiro atoms. The Labute approximate surface area is 113 Å². The first kappa shape index (κ1) is 13.6. The molecule has 100 valence electrons. The first-order chi connectivity index (χ1) is 9.08. The Morgan fingerprint density at radius 3 is 2.47 bits per heavy atom. The summed E-state index contributed by atoms with van der Waals surface area (Å²) in [6.07, 6.45) is 0. The van der Waals surface area contributed by atoms with Crippen molar-refractivity contribution in [3.63, 3.8) is 0 Å². The molecule has 0 unspecified atom stereocenters. The van der Waals surface area contributed by atoms with Crippen LogP contribution in [-0.4, -0.2) is 7.05 Å². The maximum absolute atomic E-state index is 13.5. The van der Waals surface area contributed by atoms with Gasteiger partial charge in [-0.1, -0.05) is 6.07 Å². The molecule has 0 saturated heterocycles. The fraction of sp³-hybridized carbons (Fsp3) is 0.250. The van der Waals surface area contributed by atoms with Gasteiger partial charge in [0.1, 0.15) is 17.3 Å². The van der Waals surface area contributed by atoms with Crippen LogP contribution in [0, 0.1) is 19.7 Å². The molecule has 0 bridgehead atoms. The number of ether oxygens (including phenoxy) is 1. The van der Waals surface area contributed by atoms with Crippen molar-refractivity contribution >= 4 is 0 Å². The van der Waals surface area contributed by atoms with E-state index < -0.39 is 0 Å². The average molecular weight is 259 g/mol. The predicted molar refractivity (Wildman–Crippen MR) is 75.2 cm³/mol. The molecule has 3 heteroatoms. The Balaban J connectivity index is 2.24. The summed E-state index contributed by atoms with van der Waals surface area (Å²) in [5.74, 6) is 0.962. The van der Waals surface area contributed by atoms with Gasteiger partial charge in [0.25, 0.3) is 0 Å². The molecule has 0 aliphatic rings. The van der Waals surface area contributed by atoms with Gasteiger partial charge in [-0.2, -0.15) is 0 Å². The van der Waals surface area contributed by atoms with Crippen LogP contribution in [0.4, 0.5) is 4.39 Å². The minimum Gasteiger partial charge on any atom is -0.457 e. The van der Waals surface area contributed by atoms with E-state index in [0.717, 1.165) is 16.9 Å². The van der Waals surface area contributed by atoms with Gasteiger partial charge in [0.2, 0.25) is 0 Å². The van der Waals surface area contributed by atoms with Gasteiger partial charge >= 0.3 is 0 Å². The normalized spacial score (nSPS) is 10.5. The number of rotatable bonds is 4. The quantitative estimate of drug-likeness (QED) is 0.897. The standard InChI is InChI=1S/C16H18FNO/c1-11-4-5-15(6-12(11)2)19-16-8-13(10-18-3)7-14(17)9-16/h4-9,18H,10H2,1-3H3. The van der Waals surface area contributed by atoms with Gasteiger partial charge in [-0.3, -0.25) is 0 Å². The minimum absolute atomic E-state index is 0.286. The van der Waals surface area contributed by atoms with Crippen LogP contribution >= 0.6 is 0 Å². The highest BCUT2D eigenvalue weighted by molar-refractivity contribution is 5.38. The van der Waals surface area contributed by atoms with Gasteiger partial charge in [0, 0.05) is 12.6 Å². The van der Waals surface area contributed by atoms with Crippen LogP contribution in [0.3, 0.4) is 0 Å². The summed E-state index contributed by atoms with van der Waals surface area (Å²) in [6.45, 7) is 4.69. The number of benzene rings is 2. The van der Waals surface area contributed by atoms with E-state index in [1.165, 1.54) is 17.7 Å². The zero-order valence-corrected chi connectivity index (χ0v) is 11.5. The van der Waals surface area contributed by atoms with Gasteiger partial charge in [0.15, 0.2) is 0 Å². The molecule has 2 aromatic rings. The second kappa shape index (κ2) is 5.85. The fourth-order valence-corrected chi connectivity index (χ4v) is 1.90. The second-order valence-electron chi connectivity index (χ2n) is 4.67. The summed E-state index contributed by atoms with van der Waals surface area (Å²) < 4.78 is 19.2. The third-order valence-electron chi connectivity index (χ3n) is 3.03. The highest BCUT2D eigenvalue weighted by Gasteiger charge is 2.04. The van der Waals surface area contributed by atoms with Crippen molar-refractivity contribution < 1.29 is 9.13 Å². The molecule has 0 aliphatic heterocycles. The number of halogens is 1. The Morgan fingerprint density at radius 2 is 1.79 bits per heavy atom. The van der Waals surface area contributed by atoms with E-state index in [-0.39, 0.29) is 5.82 Å². The summed E-state index contributed by atoms with van der Waals surface area (Å²) in [5.41, 5.74) is 3.23. The largest absolute Gasteiger partial charge is 0.457 e. The highest BCUT2D eigenvalue weighted by Crippen LogP contribution is 2.25. The molecule has 0 heterocycles. The molecule has 19 heavy (non-hydrogen) atoms. The monoisotopic (exact) mass is 259 g/mol. The molecule has 1 N–H and O–H groups in total. The first-order valence-electron chi connectivity index (χ1n) is 6.27. The summed E-state index contributed by atoms with van der Waals surface area (Å²) in [5, 5.41) is 3.00. The van der Waals surface area contributed by atoms with Gasteiger partial charge in [-0.25, -0.2) is 4.39 Å². The molecule has 2 rings (SSSR count). The Kier molecular flexibility index (Phi) is 4.17. The van der Waals surface area contributed by atoms with Crippen molar-refractivity contribution in [2.45, 2.75) is 20.4 Å². The Bertz CT molecular complexity index is 581. The highest BCUT2D eigenvalue weighted by atomic mass is 19.1. The lowest BCUT2D eigenvalue weighted by Gasteiger charge is -2.10. The van der Waals surface area contributed by atoms with Crippen molar-refractivity contribution in [1.29, 1.82) is 0 Å². The maximum atomic E-state index is 13.5. The first-order valence-corrected chi connectivity index (χ1v) is 6.27. The van der Waals surface area contributed by atoms with Crippen LogP contribution in [0.2, 0.25) is 0 Å². The number of nitrogens with one attached hydrogen (secondary N) is 1. The maximum Gasteiger partial charge on any atom is 0.130 e. The molecule has 0 amide bonds. The Morgan fingerprint density at radius 1 is 1.00 bits per heavy atom. The van der Waals surface area contributed by atoms with Gasteiger partial charge in [0.05, 0.1) is 0 Å². The molecule has 0 atom stereocenters. The van der Waals surface area contributed by atoms with Gasteiger partial charge in [-0.05, 0) is 61.9 Å². The number of hydrogen-bond donors (Lipinski definition) is 1. The van der Waals surface area contributed by atoms with Crippen LogP contribution in [-0.2, 0) is 6.54 Å². The van der Waals surface area contributed by atoms with Crippen LogP contribution in [0.1, 0.15) is 16.7 Å². The molecule has 0 fully saturated rings. The van der Waals surface area contributed by atoms with Crippen molar-refractivity contribution in [1.82, 2.24) is 5.32 Å². The van der Waals surface area contributed by atoms with E-state index in [1.807, 2.05) is 45.2 Å². The van der Waals surface area contributed by atoms with Crippen molar-refractivity contribution in [3.8, 4) is 11.5 Å². The van der Waals surface area contributed by atoms with E-state index in [2.05, 4.69) is 5.32 Å². The molecule has 0 radical (unpaired) electrons. The van der Waals surface area contributed by atoms with E-state index in [1.54, 1.807) is 0 Å². The van der Waals surface area contributed by atoms with Crippen LogP contribution < -0.4 is 10.1 Å². The van der Waals surface area contributed by atoms with Crippen LogP contribution in [0.15, 0.2) is 36.4 Å². The van der Waals surface area contributed by atoms with Crippen molar-refractivity contribution in [2.24, 2.45) is 0 Å². The summed E-state index contributed by atoms with van der Waals surface area (Å²) in [6, 6.07) is 10.6. The SMILES string of the molecule is CNCc1cc(F)cc(Oc2ccc(C)c(C)c2)c1. The van der Waals surface area contributed by atoms with E-state index in [4.69, 9.17) is 4.74 Å². The molecular weight excluding hydrogens is 241 g/mol. The van der Waals surface area contributed by atoms with Crippen molar-refractivity contribution in [2.75, 3.05) is 7.05 Å². The van der Waals surface area contributed by atoms with Crippen LogP contribution in [0.5, 0.6) is 11.5 Å². The molecule has 2 nitrogen and oxygen atoms in total. The van der Waals surface area contributed by atoms with Gasteiger partial charge in [-0.15, -0.1) is 0 Å². The zero-order valence-electron chi connectivity index (χ0n) is 11.5. The summed E-state index contributed by atoms with van der Waals surface area (Å²) in [4.78, 5) is 0. The lowest BCUT2D eigenvalue weighted by molar-refractivity contribution is 0.475. The summed E-state index contributed by atoms with van der Waals surface area (Å²) in [7, 11) is 1.83. The van der Waals surface area contributed by atoms with E-state index in [0.29, 0.717) is 12.3 Å². The number of aryl methyl sites for hydroxylation is 2. The lowest BCUT2D eigenvalue weighted by Crippen LogP contribution is -2.05. The minimum atomic E-state index is -0.286. The second-order valence-corrected chi connectivity index (χ2v) is 4.67. The molecule has 0 aromatic heterocycles. The smallest absolute Gasteiger partial charge is 0.130 e. The molecular formula is C16H18FNO. The van der Waals surface area contributed by atoms with Gasteiger partial charge < -0.3 is 10.1 Å². The Hall–Kier alpha value is -1.87. The van der Waals surface area contributed by atoms with Crippen LogP contribution in [0.25, 0.3) is 0 Å². The number of hydrogen-bond acceptors (Lipinski definition) is 2. The topological polar surface area (TPSA) is 21.3 Å². The molecule has 2 aromatic carbocycles. The van der Waals surface area contributed by atoms with E-state index in [9.17, 15) is 4.39 Å². The molecule has 0 saturated carbocycles. The lowest BCUT2D eigenvalue weighted by atomic mass is 10.1. The average Bonchev–Trinajstić information content (AvgIpc) is 2.33. The van der Waals surface area contributed by atoms with Crippen molar-refractivity contribution in [3.05, 3.63) is 58.9 Å². The third-order valence-corrected chi connectivity index (χ3v) is 3.03. The molecule has 0 aliphatic carbocycles. The fourth-order valence-electron chi connectivity index (χ4n) is 1.90. The summed E-state index contributed by atoms with van der Waals surface area (Å²) >= 11 is 0. The third kappa shape index (κ3) is 3.55. The predicted octanol–water partition coefficient (Wildman–Crippen LogP) is 3.95. The zero-order chi connectivity index (χ0) is 13.8.